The Morgan fingerprint density at radius 2 is 1.92 bits per heavy atom. The molecule has 26 heavy (non-hydrogen) atoms. The maximum Gasteiger partial charge on any atom is 0.272 e. The molecule has 0 aliphatic heterocycles. The van der Waals surface area contributed by atoms with Crippen LogP contribution in [-0.4, -0.2) is 27.3 Å². The van der Waals surface area contributed by atoms with E-state index in [0.717, 1.165) is 16.8 Å². The summed E-state index contributed by atoms with van der Waals surface area (Å²) in [6.45, 7) is 5.85. The van der Waals surface area contributed by atoms with E-state index in [2.05, 4.69) is 20.7 Å². The van der Waals surface area contributed by atoms with Crippen LogP contribution in [0.1, 0.15) is 35.7 Å². The van der Waals surface area contributed by atoms with E-state index in [1.807, 2.05) is 51.1 Å². The Hall–Kier alpha value is -3.22. The first-order chi connectivity index (χ1) is 12.5. The second kappa shape index (κ2) is 7.77. The number of carbonyl (C=O) groups is 1. The lowest BCUT2D eigenvalue weighted by Crippen LogP contribution is -2.30. The summed E-state index contributed by atoms with van der Waals surface area (Å²) in [6, 6.07) is 13.0. The molecule has 0 saturated heterocycles. The Kier molecular flexibility index (Phi) is 5.26. The molecule has 0 aliphatic carbocycles. The highest BCUT2D eigenvalue weighted by Gasteiger charge is 2.16. The molecular formula is C19H20N4O3. The van der Waals surface area contributed by atoms with Crippen LogP contribution in [0.3, 0.4) is 0 Å². The third-order valence-electron chi connectivity index (χ3n) is 3.69. The van der Waals surface area contributed by atoms with Gasteiger partial charge in [-0.05, 0) is 26.8 Å². The molecule has 0 fully saturated rings. The summed E-state index contributed by atoms with van der Waals surface area (Å²) in [6.07, 6.45) is 0. The van der Waals surface area contributed by atoms with Crippen molar-refractivity contribution in [2.24, 2.45) is 0 Å². The van der Waals surface area contributed by atoms with Crippen LogP contribution in [-0.2, 0) is 6.61 Å². The number of ether oxygens (including phenoxy) is 1. The minimum atomic E-state index is -0.264. The van der Waals surface area contributed by atoms with Crippen molar-refractivity contribution in [1.29, 1.82) is 0 Å². The average molecular weight is 352 g/mol. The van der Waals surface area contributed by atoms with Crippen molar-refractivity contribution in [3.8, 4) is 17.1 Å². The van der Waals surface area contributed by atoms with E-state index in [0.29, 0.717) is 11.6 Å². The molecule has 3 rings (SSSR count). The zero-order chi connectivity index (χ0) is 18.5. The first kappa shape index (κ1) is 17.6. The van der Waals surface area contributed by atoms with Crippen molar-refractivity contribution in [3.05, 3.63) is 59.5 Å². The number of rotatable bonds is 6. The monoisotopic (exact) mass is 352 g/mol. The summed E-state index contributed by atoms with van der Waals surface area (Å²) in [5, 5.41) is 14.7. The van der Waals surface area contributed by atoms with E-state index < -0.39 is 0 Å². The summed E-state index contributed by atoms with van der Waals surface area (Å²) in [5.74, 6) is 0.746. The lowest BCUT2D eigenvalue weighted by atomic mass is 10.1. The summed E-state index contributed by atoms with van der Waals surface area (Å²) in [4.78, 5) is 11.9. The van der Waals surface area contributed by atoms with Crippen molar-refractivity contribution < 1.29 is 14.1 Å². The van der Waals surface area contributed by atoms with E-state index in [-0.39, 0.29) is 24.2 Å². The number of amides is 1. The predicted octanol–water partition coefficient (Wildman–Crippen LogP) is 3.16. The maximum absolute atomic E-state index is 11.9. The molecule has 7 heteroatoms. The van der Waals surface area contributed by atoms with Gasteiger partial charge in [0.1, 0.15) is 18.1 Å². The predicted molar refractivity (Wildman–Crippen MR) is 95.6 cm³/mol. The lowest BCUT2D eigenvalue weighted by Gasteiger charge is -2.08. The molecule has 0 atom stereocenters. The largest absolute Gasteiger partial charge is 0.472 e. The molecule has 1 aromatic carbocycles. The normalized spacial score (nSPS) is 10.8. The van der Waals surface area contributed by atoms with Crippen LogP contribution in [0.15, 0.2) is 47.0 Å². The highest BCUT2D eigenvalue weighted by Crippen LogP contribution is 2.26. The van der Waals surface area contributed by atoms with Gasteiger partial charge in [0.05, 0.1) is 5.56 Å². The molecular weight excluding hydrogens is 332 g/mol. The summed E-state index contributed by atoms with van der Waals surface area (Å²) >= 11 is 0. The van der Waals surface area contributed by atoms with E-state index in [1.54, 1.807) is 12.1 Å². The molecule has 1 amide bonds. The van der Waals surface area contributed by atoms with Crippen molar-refractivity contribution in [2.75, 3.05) is 0 Å². The van der Waals surface area contributed by atoms with Gasteiger partial charge >= 0.3 is 0 Å². The van der Waals surface area contributed by atoms with Gasteiger partial charge < -0.3 is 14.6 Å². The van der Waals surface area contributed by atoms with Crippen LogP contribution >= 0.6 is 0 Å². The minimum Gasteiger partial charge on any atom is -0.472 e. The molecule has 0 bridgehead atoms. The van der Waals surface area contributed by atoms with Gasteiger partial charge in [-0.25, -0.2) is 0 Å². The van der Waals surface area contributed by atoms with Crippen LogP contribution in [0.25, 0.3) is 11.3 Å². The molecule has 134 valence electrons. The van der Waals surface area contributed by atoms with Crippen molar-refractivity contribution in [3.63, 3.8) is 0 Å². The summed E-state index contributed by atoms with van der Waals surface area (Å²) in [5.41, 5.74) is 2.79. The molecule has 0 radical (unpaired) electrons. The zero-order valence-corrected chi connectivity index (χ0v) is 14.9. The minimum absolute atomic E-state index is 0.0354. The van der Waals surface area contributed by atoms with Gasteiger partial charge in [-0.3, -0.25) is 4.79 Å². The molecule has 0 saturated carbocycles. The van der Waals surface area contributed by atoms with Gasteiger partial charge in [0, 0.05) is 17.7 Å². The van der Waals surface area contributed by atoms with Gasteiger partial charge in [0.25, 0.3) is 5.91 Å². The molecule has 3 aromatic rings. The Morgan fingerprint density at radius 1 is 1.15 bits per heavy atom. The molecule has 2 heterocycles. The van der Waals surface area contributed by atoms with Crippen LogP contribution in [0.2, 0.25) is 0 Å². The zero-order valence-electron chi connectivity index (χ0n) is 14.9. The Balaban J connectivity index is 1.70. The number of nitrogens with one attached hydrogen (secondary N) is 1. The standard InChI is InChI=1S/C19H20N4O3/c1-12(2)20-19(24)16-9-10-17(22-21-16)25-11-15-13(3)26-23-18(15)14-7-5-4-6-8-14/h4-10,12H,11H2,1-3H3,(H,20,24). The van der Waals surface area contributed by atoms with Crippen LogP contribution in [0.4, 0.5) is 0 Å². The van der Waals surface area contributed by atoms with Crippen molar-refractivity contribution >= 4 is 5.91 Å². The molecule has 0 unspecified atom stereocenters. The van der Waals surface area contributed by atoms with Crippen LogP contribution < -0.4 is 10.1 Å². The number of aryl methyl sites for hydroxylation is 1. The van der Waals surface area contributed by atoms with E-state index in [1.165, 1.54) is 0 Å². The molecule has 0 aliphatic rings. The van der Waals surface area contributed by atoms with Crippen molar-refractivity contribution in [2.45, 2.75) is 33.4 Å². The third-order valence-corrected chi connectivity index (χ3v) is 3.69. The number of carbonyl (C=O) groups excluding carboxylic acids is 1. The summed E-state index contributed by atoms with van der Waals surface area (Å²) < 4.78 is 11.0. The molecule has 7 nitrogen and oxygen atoms in total. The van der Waals surface area contributed by atoms with Crippen LogP contribution in [0.5, 0.6) is 5.88 Å². The van der Waals surface area contributed by atoms with Gasteiger partial charge in [-0.15, -0.1) is 10.2 Å². The van der Waals surface area contributed by atoms with Gasteiger partial charge in [0.15, 0.2) is 5.69 Å². The number of benzene rings is 1. The first-order valence-corrected chi connectivity index (χ1v) is 8.32. The SMILES string of the molecule is Cc1onc(-c2ccccc2)c1COc1ccc(C(=O)NC(C)C)nn1. The second-order valence-electron chi connectivity index (χ2n) is 6.11. The third kappa shape index (κ3) is 4.05. The van der Waals surface area contributed by atoms with E-state index in [9.17, 15) is 4.79 Å². The Labute approximate surface area is 151 Å². The Bertz CT molecular complexity index is 874. The summed E-state index contributed by atoms with van der Waals surface area (Å²) in [7, 11) is 0. The van der Waals surface area contributed by atoms with Gasteiger partial charge in [-0.2, -0.15) is 0 Å². The molecule has 2 aromatic heterocycles. The fourth-order valence-corrected chi connectivity index (χ4v) is 2.38. The fraction of sp³-hybridized carbons (Fsp3) is 0.263. The smallest absolute Gasteiger partial charge is 0.272 e. The maximum atomic E-state index is 11.9. The molecule has 0 spiro atoms. The topological polar surface area (TPSA) is 90.1 Å². The van der Waals surface area contributed by atoms with Gasteiger partial charge in [0.2, 0.25) is 5.88 Å². The average Bonchev–Trinajstić information content (AvgIpc) is 3.01. The second-order valence-corrected chi connectivity index (χ2v) is 6.11. The fourth-order valence-electron chi connectivity index (χ4n) is 2.38. The quantitative estimate of drug-likeness (QED) is 0.733. The lowest BCUT2D eigenvalue weighted by molar-refractivity contribution is 0.0936. The Morgan fingerprint density at radius 3 is 2.58 bits per heavy atom. The van der Waals surface area contributed by atoms with Crippen LogP contribution in [0, 0.1) is 6.92 Å². The number of hydrogen-bond acceptors (Lipinski definition) is 6. The number of nitrogens with zero attached hydrogens (tertiary/aromatic N) is 3. The first-order valence-electron chi connectivity index (χ1n) is 8.32. The number of aromatic nitrogens is 3. The highest BCUT2D eigenvalue weighted by atomic mass is 16.5. The van der Waals surface area contributed by atoms with Gasteiger partial charge in [-0.1, -0.05) is 35.5 Å². The highest BCUT2D eigenvalue weighted by molar-refractivity contribution is 5.92. The van der Waals surface area contributed by atoms with Crippen molar-refractivity contribution in [1.82, 2.24) is 20.7 Å². The van der Waals surface area contributed by atoms with E-state index in [4.69, 9.17) is 9.26 Å². The molecule has 1 N–H and O–H groups in total. The van der Waals surface area contributed by atoms with E-state index >= 15 is 0 Å². The number of hydrogen-bond donors (Lipinski definition) is 1.